The Labute approximate surface area is 163 Å². The van der Waals surface area contributed by atoms with E-state index in [0.29, 0.717) is 5.11 Å². The number of hydrogen-bond acceptors (Lipinski definition) is 2. The number of aromatic nitrogens is 1. The Balaban J connectivity index is 1.65. The number of benzene rings is 2. The van der Waals surface area contributed by atoms with Crippen LogP contribution in [0.5, 0.6) is 5.75 Å². The van der Waals surface area contributed by atoms with E-state index < -0.39 is 0 Å². The fourth-order valence-corrected chi connectivity index (χ4v) is 3.78. The molecule has 138 valence electrons. The molecule has 0 saturated carbocycles. The quantitative estimate of drug-likeness (QED) is 0.680. The zero-order valence-electron chi connectivity index (χ0n) is 14.9. The summed E-state index contributed by atoms with van der Waals surface area (Å²) in [6, 6.07) is 18.5. The zero-order chi connectivity index (χ0) is 18.8. The minimum atomic E-state index is -0.265. The molecule has 1 aromatic heterocycles. The van der Waals surface area contributed by atoms with Crippen LogP contribution in [0.1, 0.15) is 17.3 Å². The van der Waals surface area contributed by atoms with Crippen molar-refractivity contribution in [2.45, 2.75) is 12.6 Å². The van der Waals surface area contributed by atoms with Crippen molar-refractivity contribution in [3.05, 3.63) is 83.9 Å². The first-order valence-corrected chi connectivity index (χ1v) is 9.19. The average molecular weight is 381 g/mol. The van der Waals surface area contributed by atoms with E-state index in [-0.39, 0.29) is 11.9 Å². The molecule has 2 aromatic carbocycles. The molecule has 0 amide bonds. The Hall–Kier alpha value is -2.86. The molecule has 1 atom stereocenters. The van der Waals surface area contributed by atoms with E-state index in [4.69, 9.17) is 17.0 Å². The molecule has 0 bridgehead atoms. The lowest BCUT2D eigenvalue weighted by Gasteiger charge is -2.39. The van der Waals surface area contributed by atoms with Crippen LogP contribution in [0.15, 0.2) is 66.9 Å². The molecule has 1 aliphatic rings. The molecule has 1 aliphatic heterocycles. The molecule has 27 heavy (non-hydrogen) atoms. The number of thiocarbonyl (C=S) groups is 1. The van der Waals surface area contributed by atoms with Crippen LogP contribution in [0, 0.1) is 5.82 Å². The van der Waals surface area contributed by atoms with Gasteiger partial charge in [-0.15, -0.1) is 0 Å². The SMILES string of the molecule is COc1ccc([C@H]2c3cccn3CCN2C(=S)Nc2ccc(F)cc2)cc1. The van der Waals surface area contributed by atoms with Gasteiger partial charge in [0.15, 0.2) is 5.11 Å². The highest BCUT2D eigenvalue weighted by atomic mass is 32.1. The Morgan fingerprint density at radius 1 is 1.07 bits per heavy atom. The average Bonchev–Trinajstić information content (AvgIpc) is 3.18. The van der Waals surface area contributed by atoms with Crippen LogP contribution in [0.4, 0.5) is 10.1 Å². The summed E-state index contributed by atoms with van der Waals surface area (Å²) in [7, 11) is 1.66. The van der Waals surface area contributed by atoms with E-state index in [1.54, 1.807) is 19.2 Å². The maximum Gasteiger partial charge on any atom is 0.174 e. The first-order valence-electron chi connectivity index (χ1n) is 8.78. The van der Waals surface area contributed by atoms with Crippen molar-refractivity contribution in [3.8, 4) is 5.75 Å². The van der Waals surface area contributed by atoms with E-state index in [9.17, 15) is 4.39 Å². The molecule has 2 heterocycles. The minimum absolute atomic E-state index is 0.0000967. The van der Waals surface area contributed by atoms with E-state index in [0.717, 1.165) is 30.1 Å². The maximum absolute atomic E-state index is 13.2. The molecule has 0 radical (unpaired) electrons. The molecule has 0 fully saturated rings. The van der Waals surface area contributed by atoms with Gasteiger partial charge in [-0.2, -0.15) is 0 Å². The number of methoxy groups -OCH3 is 1. The van der Waals surface area contributed by atoms with E-state index in [1.807, 2.05) is 12.1 Å². The van der Waals surface area contributed by atoms with Gasteiger partial charge in [0.05, 0.1) is 13.2 Å². The molecule has 0 aliphatic carbocycles. The van der Waals surface area contributed by atoms with Crippen LogP contribution in [0.2, 0.25) is 0 Å². The Bertz CT molecular complexity index is 937. The molecule has 4 rings (SSSR count). The molecule has 0 unspecified atom stereocenters. The van der Waals surface area contributed by atoms with Gasteiger partial charge in [-0.05, 0) is 66.3 Å². The third-order valence-electron chi connectivity index (χ3n) is 4.83. The highest BCUT2D eigenvalue weighted by Crippen LogP contribution is 2.33. The summed E-state index contributed by atoms with van der Waals surface area (Å²) in [5.74, 6) is 0.557. The smallest absolute Gasteiger partial charge is 0.174 e. The van der Waals surface area contributed by atoms with Gasteiger partial charge >= 0.3 is 0 Å². The topological polar surface area (TPSA) is 29.4 Å². The number of anilines is 1. The van der Waals surface area contributed by atoms with Crippen LogP contribution in [-0.4, -0.2) is 28.2 Å². The lowest BCUT2D eigenvalue weighted by Crippen LogP contribution is -2.44. The molecule has 0 spiro atoms. The standard InChI is InChI=1S/C21H20FN3OS/c1-26-18-10-4-15(5-11-18)20-19-3-2-12-24(19)13-14-25(20)21(27)23-17-8-6-16(22)7-9-17/h2-12,20H,13-14H2,1H3,(H,23,27)/t20-/m0/s1. The Morgan fingerprint density at radius 3 is 2.52 bits per heavy atom. The second-order valence-corrected chi connectivity index (χ2v) is 6.82. The third-order valence-corrected chi connectivity index (χ3v) is 5.16. The Kier molecular flexibility index (Phi) is 4.81. The molecule has 3 aromatic rings. The number of nitrogens with zero attached hydrogens (tertiary/aromatic N) is 2. The zero-order valence-corrected chi connectivity index (χ0v) is 15.7. The van der Waals surface area contributed by atoms with E-state index >= 15 is 0 Å². The summed E-state index contributed by atoms with van der Waals surface area (Å²) >= 11 is 5.70. The Morgan fingerprint density at radius 2 is 1.81 bits per heavy atom. The fraction of sp³-hybridized carbons (Fsp3) is 0.190. The van der Waals surface area contributed by atoms with Gasteiger partial charge in [-0.3, -0.25) is 0 Å². The van der Waals surface area contributed by atoms with Crippen molar-refractivity contribution in [2.24, 2.45) is 0 Å². The van der Waals surface area contributed by atoms with E-state index in [1.165, 1.54) is 17.8 Å². The van der Waals surface area contributed by atoms with Gasteiger partial charge in [-0.25, -0.2) is 4.39 Å². The van der Waals surface area contributed by atoms with Gasteiger partial charge in [0.2, 0.25) is 0 Å². The van der Waals surface area contributed by atoms with Gasteiger partial charge < -0.3 is 19.5 Å². The fourth-order valence-electron chi connectivity index (χ4n) is 3.47. The molecule has 4 nitrogen and oxygen atoms in total. The largest absolute Gasteiger partial charge is 0.497 e. The van der Waals surface area contributed by atoms with Crippen LogP contribution in [0.3, 0.4) is 0 Å². The molecular formula is C21H20FN3OS. The number of halogens is 1. The first-order chi connectivity index (χ1) is 13.2. The lowest BCUT2D eigenvalue weighted by molar-refractivity contribution is 0.293. The highest BCUT2D eigenvalue weighted by Gasteiger charge is 2.30. The number of fused-ring (bicyclic) bond motifs is 1. The van der Waals surface area contributed by atoms with Crippen molar-refractivity contribution < 1.29 is 9.13 Å². The van der Waals surface area contributed by atoms with Gasteiger partial charge in [-0.1, -0.05) is 12.1 Å². The lowest BCUT2D eigenvalue weighted by atomic mass is 10.00. The second kappa shape index (κ2) is 7.40. The monoisotopic (exact) mass is 381 g/mol. The summed E-state index contributed by atoms with van der Waals surface area (Å²) in [4.78, 5) is 2.18. The van der Waals surface area contributed by atoms with Gasteiger partial charge in [0.1, 0.15) is 11.6 Å². The summed E-state index contributed by atoms with van der Waals surface area (Å²) < 4.78 is 20.7. The van der Waals surface area contributed by atoms with Crippen molar-refractivity contribution in [2.75, 3.05) is 19.0 Å². The number of rotatable bonds is 3. The first kappa shape index (κ1) is 17.5. The predicted octanol–water partition coefficient (Wildman–Crippen LogP) is 4.44. The summed E-state index contributed by atoms with van der Waals surface area (Å²) in [6.07, 6.45) is 2.10. The van der Waals surface area contributed by atoms with Crippen LogP contribution in [-0.2, 0) is 6.54 Å². The number of ether oxygens (including phenoxy) is 1. The van der Waals surface area contributed by atoms with E-state index in [2.05, 4.69) is 45.2 Å². The summed E-state index contributed by atoms with van der Waals surface area (Å²) in [5.41, 5.74) is 3.10. The number of nitrogens with one attached hydrogen (secondary N) is 1. The minimum Gasteiger partial charge on any atom is -0.497 e. The normalized spacial score (nSPS) is 15.9. The van der Waals surface area contributed by atoms with Crippen LogP contribution >= 0.6 is 12.2 Å². The van der Waals surface area contributed by atoms with Gasteiger partial charge in [0.25, 0.3) is 0 Å². The van der Waals surface area contributed by atoms with Crippen molar-refractivity contribution in [1.29, 1.82) is 0 Å². The van der Waals surface area contributed by atoms with Gasteiger partial charge in [0, 0.05) is 30.7 Å². The van der Waals surface area contributed by atoms with Crippen LogP contribution < -0.4 is 10.1 Å². The molecule has 1 N–H and O–H groups in total. The molecule has 0 saturated heterocycles. The molecular weight excluding hydrogens is 361 g/mol. The van der Waals surface area contributed by atoms with Crippen molar-refractivity contribution in [3.63, 3.8) is 0 Å². The van der Waals surface area contributed by atoms with Crippen LogP contribution in [0.25, 0.3) is 0 Å². The molecule has 6 heteroatoms. The third kappa shape index (κ3) is 3.53. The van der Waals surface area contributed by atoms with Crippen molar-refractivity contribution in [1.82, 2.24) is 9.47 Å². The summed E-state index contributed by atoms with van der Waals surface area (Å²) in [5, 5.41) is 3.86. The predicted molar refractivity (Wildman–Crippen MR) is 109 cm³/mol. The highest BCUT2D eigenvalue weighted by molar-refractivity contribution is 7.80. The summed E-state index contributed by atoms with van der Waals surface area (Å²) in [6.45, 7) is 1.64. The van der Waals surface area contributed by atoms with Crippen molar-refractivity contribution >= 4 is 23.0 Å². The second-order valence-electron chi connectivity index (χ2n) is 6.43. The maximum atomic E-state index is 13.2. The number of hydrogen-bond donors (Lipinski definition) is 1.